The lowest BCUT2D eigenvalue weighted by Gasteiger charge is -2.31. The third-order valence-electron chi connectivity index (χ3n) is 4.10. The molecule has 0 saturated heterocycles. The summed E-state index contributed by atoms with van der Waals surface area (Å²) in [6.45, 7) is 7.36. The summed E-state index contributed by atoms with van der Waals surface area (Å²) in [7, 11) is 0. The molecule has 4 heteroatoms. The molecule has 0 bridgehead atoms. The molecular weight excluding hydrogens is 324 g/mol. The van der Waals surface area contributed by atoms with Crippen LogP contribution in [0.1, 0.15) is 45.2 Å². The van der Waals surface area contributed by atoms with E-state index >= 15 is 0 Å². The van der Waals surface area contributed by atoms with Gasteiger partial charge in [-0.15, -0.1) is 0 Å². The first kappa shape index (κ1) is 19.5. The lowest BCUT2D eigenvalue weighted by molar-refractivity contribution is 0.0503. The quantitative estimate of drug-likeness (QED) is 0.842. The van der Waals surface area contributed by atoms with E-state index in [1.165, 1.54) is 0 Å². The first-order valence-corrected chi connectivity index (χ1v) is 8.79. The number of nitrogens with one attached hydrogen (secondary N) is 1. The van der Waals surface area contributed by atoms with Crippen LogP contribution in [0.15, 0.2) is 60.7 Å². The Bertz CT molecular complexity index is 719. The summed E-state index contributed by atoms with van der Waals surface area (Å²) >= 11 is 0. The minimum Gasteiger partial charge on any atom is -0.444 e. The SMILES string of the molecule is C[C@@H](CC(C#N)(c1ccccc1)c1ccccc1)NC(=O)OC(C)(C)C. The smallest absolute Gasteiger partial charge is 0.407 e. The maximum Gasteiger partial charge on any atom is 0.407 e. The number of nitriles is 1. The number of hydrogen-bond acceptors (Lipinski definition) is 3. The summed E-state index contributed by atoms with van der Waals surface area (Å²) in [5.74, 6) is 0. The van der Waals surface area contributed by atoms with Gasteiger partial charge >= 0.3 is 6.09 Å². The van der Waals surface area contributed by atoms with Crippen LogP contribution in [0.2, 0.25) is 0 Å². The highest BCUT2D eigenvalue weighted by atomic mass is 16.6. The number of ether oxygens (including phenoxy) is 1. The predicted molar refractivity (Wildman–Crippen MR) is 103 cm³/mol. The zero-order chi connectivity index (χ0) is 19.2. The van der Waals surface area contributed by atoms with Crippen LogP contribution in [-0.2, 0) is 10.2 Å². The fraction of sp³-hybridized carbons (Fsp3) is 0.364. The molecule has 0 spiro atoms. The van der Waals surface area contributed by atoms with Gasteiger partial charge in [0.15, 0.2) is 0 Å². The van der Waals surface area contributed by atoms with Gasteiger partial charge in [-0.05, 0) is 45.2 Å². The topological polar surface area (TPSA) is 62.1 Å². The van der Waals surface area contributed by atoms with Gasteiger partial charge in [0, 0.05) is 6.04 Å². The molecule has 1 amide bonds. The number of nitrogens with zero attached hydrogens (tertiary/aromatic N) is 1. The minimum absolute atomic E-state index is 0.245. The van der Waals surface area contributed by atoms with E-state index in [2.05, 4.69) is 11.4 Å². The fourth-order valence-corrected chi connectivity index (χ4v) is 3.04. The van der Waals surface area contributed by atoms with Crippen LogP contribution in [-0.4, -0.2) is 17.7 Å². The molecule has 136 valence electrons. The van der Waals surface area contributed by atoms with E-state index in [0.29, 0.717) is 6.42 Å². The van der Waals surface area contributed by atoms with E-state index < -0.39 is 17.1 Å². The van der Waals surface area contributed by atoms with E-state index in [-0.39, 0.29) is 6.04 Å². The normalized spacial score (nSPS) is 12.7. The van der Waals surface area contributed by atoms with Crippen molar-refractivity contribution in [3.05, 3.63) is 71.8 Å². The third kappa shape index (κ3) is 4.86. The van der Waals surface area contributed by atoms with Crippen LogP contribution >= 0.6 is 0 Å². The van der Waals surface area contributed by atoms with Gasteiger partial charge in [0.25, 0.3) is 0 Å². The summed E-state index contributed by atoms with van der Waals surface area (Å²) < 4.78 is 5.33. The average molecular weight is 350 g/mol. The molecule has 0 aromatic heterocycles. The van der Waals surface area contributed by atoms with E-state index in [9.17, 15) is 10.1 Å². The molecule has 2 aromatic carbocycles. The van der Waals surface area contributed by atoms with E-state index in [4.69, 9.17) is 4.74 Å². The molecule has 2 rings (SSSR count). The van der Waals surface area contributed by atoms with Gasteiger partial charge in [0.2, 0.25) is 0 Å². The highest BCUT2D eigenvalue weighted by Gasteiger charge is 2.36. The monoisotopic (exact) mass is 350 g/mol. The molecule has 0 aliphatic carbocycles. The van der Waals surface area contributed by atoms with Crippen LogP contribution < -0.4 is 5.32 Å². The third-order valence-corrected chi connectivity index (χ3v) is 4.10. The number of carbonyl (C=O) groups excluding carboxylic acids is 1. The molecule has 2 aromatic rings. The van der Waals surface area contributed by atoms with Crippen LogP contribution in [0.3, 0.4) is 0 Å². The van der Waals surface area contributed by atoms with Crippen LogP contribution in [0.4, 0.5) is 4.79 Å². The van der Waals surface area contributed by atoms with Crippen molar-refractivity contribution in [2.75, 3.05) is 0 Å². The van der Waals surface area contributed by atoms with Gasteiger partial charge in [0.05, 0.1) is 6.07 Å². The standard InChI is InChI=1S/C22H26N2O2/c1-17(24-20(25)26-21(2,3)4)15-22(16-23,18-11-7-5-8-12-18)19-13-9-6-10-14-19/h5-14,17H,15H2,1-4H3,(H,24,25)/t17-/m0/s1. The van der Waals surface area contributed by atoms with Gasteiger partial charge in [-0.1, -0.05) is 60.7 Å². The van der Waals surface area contributed by atoms with Gasteiger partial charge in [0.1, 0.15) is 11.0 Å². The van der Waals surface area contributed by atoms with Gasteiger partial charge in [-0.25, -0.2) is 4.79 Å². The van der Waals surface area contributed by atoms with Crippen LogP contribution in [0.5, 0.6) is 0 Å². The molecule has 0 heterocycles. The van der Waals surface area contributed by atoms with Crippen molar-refractivity contribution >= 4 is 6.09 Å². The number of alkyl carbamates (subject to hydrolysis) is 1. The Kier molecular flexibility index (Phi) is 6.05. The van der Waals surface area contributed by atoms with Crippen molar-refractivity contribution < 1.29 is 9.53 Å². The minimum atomic E-state index is -0.850. The Morgan fingerprint density at radius 3 is 1.88 bits per heavy atom. The molecule has 1 atom stereocenters. The molecule has 26 heavy (non-hydrogen) atoms. The second-order valence-corrected chi connectivity index (χ2v) is 7.50. The lowest BCUT2D eigenvalue weighted by atomic mass is 9.71. The maximum absolute atomic E-state index is 12.1. The largest absolute Gasteiger partial charge is 0.444 e. The number of hydrogen-bond donors (Lipinski definition) is 1. The summed E-state index contributed by atoms with van der Waals surface area (Å²) in [5.41, 5.74) is 0.407. The molecule has 0 radical (unpaired) electrons. The Labute approximate surface area is 155 Å². The molecule has 1 N–H and O–H groups in total. The van der Waals surface area contributed by atoms with E-state index in [0.717, 1.165) is 11.1 Å². The lowest BCUT2D eigenvalue weighted by Crippen LogP contribution is -2.42. The highest BCUT2D eigenvalue weighted by molar-refractivity contribution is 5.68. The van der Waals surface area contributed by atoms with Crippen molar-refractivity contribution in [1.82, 2.24) is 5.32 Å². The van der Waals surface area contributed by atoms with E-state index in [1.807, 2.05) is 88.4 Å². The first-order chi connectivity index (χ1) is 12.3. The average Bonchev–Trinajstić information content (AvgIpc) is 2.59. The second-order valence-electron chi connectivity index (χ2n) is 7.50. The Morgan fingerprint density at radius 2 is 1.50 bits per heavy atom. The first-order valence-electron chi connectivity index (χ1n) is 8.79. The van der Waals surface area contributed by atoms with Crippen LogP contribution in [0, 0.1) is 11.3 Å². The summed E-state index contributed by atoms with van der Waals surface area (Å²) in [4.78, 5) is 12.1. The Hall–Kier alpha value is -2.80. The Balaban J connectivity index is 2.31. The molecule has 0 fully saturated rings. The van der Waals surface area contributed by atoms with Gasteiger partial charge in [-0.2, -0.15) is 5.26 Å². The number of rotatable bonds is 5. The molecule has 0 unspecified atom stereocenters. The van der Waals surface area contributed by atoms with Gasteiger partial charge < -0.3 is 10.1 Å². The molecule has 0 aliphatic heterocycles. The molecule has 0 aliphatic rings. The molecule has 4 nitrogen and oxygen atoms in total. The van der Waals surface area contributed by atoms with Crippen molar-refractivity contribution in [3.8, 4) is 6.07 Å². The van der Waals surface area contributed by atoms with E-state index in [1.54, 1.807) is 0 Å². The van der Waals surface area contributed by atoms with Crippen LogP contribution in [0.25, 0.3) is 0 Å². The van der Waals surface area contributed by atoms with Crippen molar-refractivity contribution in [3.63, 3.8) is 0 Å². The number of amides is 1. The number of benzene rings is 2. The zero-order valence-electron chi connectivity index (χ0n) is 15.8. The molecular formula is C22H26N2O2. The Morgan fingerprint density at radius 1 is 1.04 bits per heavy atom. The molecule has 0 saturated carbocycles. The van der Waals surface area contributed by atoms with Crippen molar-refractivity contribution in [2.45, 2.75) is 51.2 Å². The van der Waals surface area contributed by atoms with Gasteiger partial charge in [-0.3, -0.25) is 0 Å². The summed E-state index contributed by atoms with van der Waals surface area (Å²) in [5, 5.41) is 13.0. The highest BCUT2D eigenvalue weighted by Crippen LogP contribution is 2.36. The second kappa shape index (κ2) is 8.05. The summed E-state index contributed by atoms with van der Waals surface area (Å²) in [6, 6.07) is 21.6. The zero-order valence-corrected chi connectivity index (χ0v) is 15.8. The fourth-order valence-electron chi connectivity index (χ4n) is 3.04. The predicted octanol–water partition coefficient (Wildman–Crippen LogP) is 4.80. The summed E-state index contributed by atoms with van der Waals surface area (Å²) in [6.07, 6.45) is -0.0329. The number of carbonyl (C=O) groups is 1. The van der Waals surface area contributed by atoms with Crippen molar-refractivity contribution in [2.24, 2.45) is 0 Å². The maximum atomic E-state index is 12.1. The van der Waals surface area contributed by atoms with Crippen molar-refractivity contribution in [1.29, 1.82) is 5.26 Å².